The van der Waals surface area contributed by atoms with Gasteiger partial charge in [0.1, 0.15) is 11.2 Å². The third-order valence-electron chi connectivity index (χ3n) is 26.3. The van der Waals surface area contributed by atoms with Crippen molar-refractivity contribution in [3.05, 3.63) is 581 Å². The van der Waals surface area contributed by atoms with Gasteiger partial charge in [-0.05, 0) is 305 Å². The van der Waals surface area contributed by atoms with Crippen LogP contribution < -0.4 is 0 Å². The molecule has 0 fully saturated rings. The summed E-state index contributed by atoms with van der Waals surface area (Å²) in [5.74, 6) is 0. The minimum Gasteiger partial charge on any atom is -0.456 e. The predicted molar refractivity (Wildman–Crippen MR) is 640 cm³/mol. The Labute approximate surface area is 943 Å². The molecule has 1 nitrogen and oxygen atoms in total. The van der Waals surface area contributed by atoms with Crippen molar-refractivity contribution < 1.29 is 81.2 Å². The van der Waals surface area contributed by atoms with E-state index in [1.54, 1.807) is 24.3 Å². The highest BCUT2D eigenvalue weighted by Gasteiger charge is 2.26. The maximum Gasteiger partial charge on any atom is 0.136 e. The van der Waals surface area contributed by atoms with Gasteiger partial charge in [-0.15, -0.1) is 0 Å². The molecule has 1 heteroatoms. The van der Waals surface area contributed by atoms with Crippen LogP contribution in [0.3, 0.4) is 0 Å². The molecule has 30 rings (SSSR count). The fourth-order valence-corrected chi connectivity index (χ4v) is 19.9. The van der Waals surface area contributed by atoms with Crippen molar-refractivity contribution in [3.63, 3.8) is 0 Å². The number of hydrogen-bond acceptors (Lipinski definition) is 1. The molecule has 1 aromatic heterocycles. The van der Waals surface area contributed by atoms with E-state index in [9.17, 15) is 20.6 Å². The molecule has 0 unspecified atom stereocenters. The van der Waals surface area contributed by atoms with Crippen molar-refractivity contribution in [3.8, 4) is 122 Å². The summed E-state index contributed by atoms with van der Waals surface area (Å²) in [4.78, 5) is 0. The number of rotatable bonds is 11. The lowest BCUT2D eigenvalue weighted by molar-refractivity contribution is 0.669. The van der Waals surface area contributed by atoms with Crippen molar-refractivity contribution >= 4 is 162 Å². The molecule has 694 valence electrons. The Balaban J connectivity index is 0.000000127. The maximum absolute atomic E-state index is 9.64. The lowest BCUT2D eigenvalue weighted by Gasteiger charge is -2.19. The van der Waals surface area contributed by atoms with Gasteiger partial charge in [0.05, 0.1) is 76.8 Å². The van der Waals surface area contributed by atoms with Crippen LogP contribution in [0.1, 0.15) is 76.8 Å². The van der Waals surface area contributed by atoms with Crippen LogP contribution in [-0.4, -0.2) is 0 Å². The molecule has 0 saturated heterocycles. The minimum absolute atomic E-state index is 0.213. The molecule has 0 amide bonds. The van der Waals surface area contributed by atoms with Crippen LogP contribution in [0.4, 0.5) is 0 Å². The molecule has 0 N–H and O–H groups in total. The Morgan fingerprint density at radius 2 is 0.450 bits per heavy atom. The van der Waals surface area contributed by atoms with Crippen LogP contribution in [0.5, 0.6) is 0 Å². The molecular weight excluding hydrogens is 1790 g/mol. The van der Waals surface area contributed by atoms with Crippen LogP contribution >= 0.6 is 0 Å². The average Bonchev–Trinajstić information content (AvgIpc) is 1.47. The molecule has 0 atom stereocenters. The lowest BCUT2D eigenvalue weighted by Crippen LogP contribution is -1.92. The first-order chi connectivity index (χ1) is 97.3. The first-order valence-corrected chi connectivity index (χ1v) is 46.9. The number of fused-ring (bicyclic) bond motifs is 16. The van der Waals surface area contributed by atoms with Crippen LogP contribution in [0, 0.1) is 0 Å². The van der Waals surface area contributed by atoms with Gasteiger partial charge in [0.25, 0.3) is 0 Å². The van der Waals surface area contributed by atoms with Gasteiger partial charge in [-0.1, -0.05) is 539 Å². The lowest BCUT2D eigenvalue weighted by atomic mass is 9.84. The van der Waals surface area contributed by atoms with Gasteiger partial charge in [-0.3, -0.25) is 0 Å². The highest BCUT2D eigenvalue weighted by molar-refractivity contribution is 6.29. The number of benzene rings is 29. The van der Waals surface area contributed by atoms with Crippen LogP contribution in [0.15, 0.2) is 585 Å². The van der Waals surface area contributed by atoms with Crippen LogP contribution in [0.2, 0.25) is 0 Å². The van der Waals surface area contributed by atoms with E-state index >= 15 is 0 Å². The van der Waals surface area contributed by atoms with Crippen molar-refractivity contribution in [1.29, 1.82) is 0 Å². The maximum atomic E-state index is 9.64. The Bertz CT molecular complexity index is 13800. The zero-order valence-electron chi connectivity index (χ0n) is 134. The smallest absolute Gasteiger partial charge is 0.136 e. The molecule has 0 aliphatic heterocycles. The van der Waals surface area contributed by atoms with E-state index in [2.05, 4.69) is 146 Å². The van der Waals surface area contributed by atoms with Gasteiger partial charge in [-0.2, -0.15) is 0 Å². The molecule has 30 aromatic rings. The van der Waals surface area contributed by atoms with Crippen molar-refractivity contribution in [1.82, 2.24) is 0 Å². The van der Waals surface area contributed by atoms with Crippen LogP contribution in [0.25, 0.3) is 284 Å². The van der Waals surface area contributed by atoms with Gasteiger partial charge in [0.2, 0.25) is 0 Å². The average molecular weight is 1950 g/mol. The Morgan fingerprint density at radius 3 is 0.966 bits per heavy atom. The second kappa shape index (κ2) is 38.3. The van der Waals surface area contributed by atoms with Gasteiger partial charge in [-0.25, -0.2) is 0 Å². The first kappa shape index (κ1) is 47.8. The first-order valence-electron chi connectivity index (χ1n) is 74.9. The molecule has 0 aliphatic rings. The zero-order chi connectivity index (χ0) is 147. The largest absolute Gasteiger partial charge is 0.456 e. The van der Waals surface area contributed by atoms with E-state index in [-0.39, 0.29) is 45.7 Å². The van der Waals surface area contributed by atoms with Crippen molar-refractivity contribution in [2.24, 2.45) is 0 Å². The topological polar surface area (TPSA) is 13.1 Å². The summed E-state index contributed by atoms with van der Waals surface area (Å²) in [5, 5.41) is 0.907. The molecule has 0 saturated carbocycles. The third-order valence-corrected chi connectivity index (χ3v) is 26.3. The van der Waals surface area contributed by atoms with Crippen molar-refractivity contribution in [2.45, 2.75) is 0 Å². The Kier molecular flexibility index (Phi) is 12.3. The highest BCUT2D eigenvalue weighted by Crippen LogP contribution is 2.53. The standard InChI is InChI=1S/C40H26.C36H22O.2C36H24/c1-2-12-31-26-32(25-22-27(31)10-1)28-20-23-30(24-21-28)39-35-15-5-7-17-37(35)40(38-18-8-6-16-36(38)39)34-19-9-13-29-11-3-4-14-33(29)34;1-2-10-23(11-3-1)35-27-14-6-8-16-29(27)36(30-17-9-7-15-28(30)35)26-18-19-33-31(21-26)32-20-24-12-4-5-13-25(24)22-34(32)37-33;1-3-13-25(14-4-1)28-23-27-17-7-8-18-29(27)34(24-28)36-32-21-11-9-19-30(32)35(26-15-5-2-6-16-26)31-20-10-12-22-33(31)36;1-3-13-25(14-4-1)27-23-24-34(29-18-8-7-17-28(27)29)36-32-21-11-9-19-30(32)35(26-15-5-2-6-16-26)31-20-10-12-22-33(31)36/h1-26H;1-22H;2*1-24H/i1D,2D,3D,4D,5D,6D,7D,8D,9D,10D,11D,12D,13D,14D,15D,16D,17D,18D,19D,20D,21D,22D,23D,24D,25D,26D;1D,2D,3D,4D,5D,6D,7D,8D,9D,10D,11D,12D,13D,14D,15D,16D,17D,18D,19D,20D,21D,22D;;9D,10D,11D,12D,19D,20D,21D,22D. The number of hydrogen-bond donors (Lipinski definition) is 0. The second-order valence-electron chi connectivity index (χ2n) is 34.5. The van der Waals surface area contributed by atoms with Gasteiger partial charge in [0.15, 0.2) is 0 Å². The summed E-state index contributed by atoms with van der Waals surface area (Å²) in [5.41, 5.74) is 3.38. The van der Waals surface area contributed by atoms with E-state index in [1.807, 2.05) is 72.8 Å². The van der Waals surface area contributed by atoms with Gasteiger partial charge >= 0.3 is 0 Å². The molecule has 0 bridgehead atoms. The summed E-state index contributed by atoms with van der Waals surface area (Å²) in [6.45, 7) is 0. The molecule has 0 aliphatic carbocycles. The predicted octanol–water partition coefficient (Wildman–Crippen LogP) is 42.0. The van der Waals surface area contributed by atoms with E-state index in [0.29, 0.717) is 22.3 Å². The van der Waals surface area contributed by atoms with Gasteiger partial charge < -0.3 is 4.42 Å². The fraction of sp³-hybridized carbons (Fsp3) is 0. The second-order valence-corrected chi connectivity index (χ2v) is 34.5. The molecule has 149 heavy (non-hydrogen) atoms. The Hall–Kier alpha value is -19.4. The summed E-state index contributed by atoms with van der Waals surface area (Å²) < 4.78 is 501. The molecule has 29 aromatic carbocycles. The van der Waals surface area contributed by atoms with Gasteiger partial charge in [0, 0.05) is 10.8 Å². The monoisotopic (exact) mass is 1950 g/mol. The summed E-state index contributed by atoms with van der Waals surface area (Å²) in [7, 11) is 0. The quantitative estimate of drug-likeness (QED) is 0.118. The zero-order valence-corrected chi connectivity index (χ0v) is 77.5. The number of furan rings is 1. The fourth-order valence-electron chi connectivity index (χ4n) is 19.9. The molecule has 0 spiro atoms. The molecule has 0 radical (unpaired) electrons. The van der Waals surface area contributed by atoms with Crippen molar-refractivity contribution in [2.75, 3.05) is 0 Å². The summed E-state index contributed by atoms with van der Waals surface area (Å²) in [6, 6.07) is 38.6. The van der Waals surface area contributed by atoms with E-state index < -0.39 is 467 Å². The SMILES string of the molecule is [2H]c1c([2H])c(-c2c3c([2H])c([2H])c([2H])c([2H])c3c(-c3c([2H])c([2H])c([2H])c4c([2H])c([2H])c([2H])c([2H])c34)c3c([2H])c([2H])c([2H])c([2H])c23)c([2H])c([2H])c1-c1c([2H])c([2H])c2c([2H])c([2H])c([2H])c([2H])c2c1[2H].[2H]c1c([2H])c([2H])c(-c2c3c([2H])c([2H])c([2H])c([2H])c3c(-c3c([2H])c([2H])c4oc5c([2H])c6c([2H])c([2H])c([2H])c([2H])c6c([2H])c5c4c3[2H])c3c([2H])c([2H])c([2H])c([2H])c23)c([2H])c1[2H].[2H]c1c([2H])c([2H])c2c(-c3ccc(-c4ccccc4)c4ccccc34)c3c([2H])c([2H])c([2H])c([2H])c3c(-c3ccccc3)c2c1[2H].c1ccc(-c2cc(-c3c4ccccc4c(-c4ccccc4)c4ccccc34)c3ccccc3c2)cc1. The van der Waals surface area contributed by atoms with E-state index in [1.165, 1.54) is 65.7 Å². The highest BCUT2D eigenvalue weighted by atomic mass is 16.3. The molecule has 1 heterocycles. The van der Waals surface area contributed by atoms with E-state index in [0.717, 1.165) is 21.9 Å². The van der Waals surface area contributed by atoms with E-state index in [4.69, 9.17) is 60.6 Å². The molecular formula is C148H96O. The summed E-state index contributed by atoms with van der Waals surface area (Å²) in [6.07, 6.45) is 0. The normalized spacial score (nSPS) is 16.8. The van der Waals surface area contributed by atoms with Crippen LogP contribution in [-0.2, 0) is 0 Å². The third kappa shape index (κ3) is 16.0. The minimum atomic E-state index is -1.07. The summed E-state index contributed by atoms with van der Waals surface area (Å²) >= 11 is 0. The Morgan fingerprint density at radius 1 is 0.121 bits per heavy atom.